The molecule has 28 heavy (non-hydrogen) atoms. The van der Waals surface area contributed by atoms with Gasteiger partial charge in [-0.3, -0.25) is 0 Å². The fourth-order valence-corrected chi connectivity index (χ4v) is 3.76. The molecular weight excluding hydrogens is 398 g/mol. The second-order valence-corrected chi connectivity index (χ2v) is 7.42. The average molecular weight is 416 g/mol. The van der Waals surface area contributed by atoms with Gasteiger partial charge in [-0.2, -0.15) is 0 Å². The van der Waals surface area contributed by atoms with E-state index < -0.39 is 5.97 Å². The smallest absolute Gasteiger partial charge is 0.344 e. The van der Waals surface area contributed by atoms with Crippen LogP contribution >= 0.6 is 23.4 Å². The predicted molar refractivity (Wildman–Crippen MR) is 113 cm³/mol. The number of phenolic OH excluding ortho intramolecular Hbond substituents is 1. The predicted octanol–water partition coefficient (Wildman–Crippen LogP) is 5.55. The first-order chi connectivity index (χ1) is 13.4. The number of rotatable bonds is 4. The number of hydrogen-bond donors (Lipinski definition) is 2. The molecule has 2 aromatic rings. The number of ether oxygens (including phenoxy) is 1. The molecule has 2 N–H and O–H groups in total. The molecule has 0 radical (unpaired) electrons. The highest BCUT2D eigenvalue weighted by atomic mass is 35.5. The van der Waals surface area contributed by atoms with Crippen LogP contribution in [0, 0.1) is 6.92 Å². The number of carbonyl (C=O) groups excluding carboxylic acids is 1. The molecule has 0 saturated carbocycles. The zero-order valence-corrected chi connectivity index (χ0v) is 16.8. The van der Waals surface area contributed by atoms with Crippen molar-refractivity contribution in [1.29, 1.82) is 0 Å². The summed E-state index contributed by atoms with van der Waals surface area (Å²) in [5.41, 5.74) is 1.87. The Hall–Kier alpha value is -2.70. The van der Waals surface area contributed by atoms with Crippen LogP contribution in [-0.4, -0.2) is 27.8 Å². The van der Waals surface area contributed by atoms with Gasteiger partial charge in [-0.05, 0) is 43.7 Å². The van der Waals surface area contributed by atoms with Crippen LogP contribution in [0.2, 0.25) is 5.02 Å². The Morgan fingerprint density at radius 3 is 2.68 bits per heavy atom. The van der Waals surface area contributed by atoms with Crippen molar-refractivity contribution in [1.82, 2.24) is 0 Å². The summed E-state index contributed by atoms with van der Waals surface area (Å²) in [6.45, 7) is 3.71. The Bertz CT molecular complexity index is 1030. The third kappa shape index (κ3) is 4.24. The van der Waals surface area contributed by atoms with Crippen LogP contribution in [-0.2, 0) is 9.53 Å². The number of aliphatic imine (C=N–C) groups is 1. The summed E-state index contributed by atoms with van der Waals surface area (Å²) in [4.78, 5) is 17.2. The minimum atomic E-state index is -0.671. The fourth-order valence-electron chi connectivity index (χ4n) is 2.56. The third-order valence-corrected chi connectivity index (χ3v) is 5.26. The second-order valence-electron chi connectivity index (χ2n) is 5.99. The lowest BCUT2D eigenvalue weighted by Crippen LogP contribution is -2.12. The lowest BCUT2D eigenvalue weighted by molar-refractivity contribution is -0.138. The third-order valence-electron chi connectivity index (χ3n) is 3.92. The molecule has 0 aliphatic carbocycles. The minimum Gasteiger partial charge on any atom is -0.507 e. The number of aliphatic hydroxyl groups is 1. The van der Waals surface area contributed by atoms with Gasteiger partial charge in [0.2, 0.25) is 0 Å². The van der Waals surface area contributed by atoms with E-state index in [0.717, 1.165) is 17.3 Å². The summed E-state index contributed by atoms with van der Waals surface area (Å²) < 4.78 is 5.07. The number of hydrogen-bond acceptors (Lipinski definition) is 6. The van der Waals surface area contributed by atoms with Gasteiger partial charge in [-0.1, -0.05) is 47.6 Å². The van der Waals surface area contributed by atoms with Crippen molar-refractivity contribution in [3.8, 4) is 5.75 Å². The monoisotopic (exact) mass is 415 g/mol. The van der Waals surface area contributed by atoms with Crippen LogP contribution in [0.3, 0.4) is 0 Å². The molecule has 2 aromatic carbocycles. The van der Waals surface area contributed by atoms with E-state index in [0.29, 0.717) is 21.2 Å². The molecule has 7 heteroatoms. The van der Waals surface area contributed by atoms with Gasteiger partial charge < -0.3 is 14.9 Å². The van der Waals surface area contributed by atoms with Crippen LogP contribution in [0.4, 0.5) is 5.69 Å². The summed E-state index contributed by atoms with van der Waals surface area (Å²) in [5.74, 6) is -0.834. The van der Waals surface area contributed by atoms with Gasteiger partial charge in [-0.15, -0.1) is 0 Å². The Balaban J connectivity index is 2.08. The molecule has 0 spiro atoms. The van der Waals surface area contributed by atoms with Crippen molar-refractivity contribution in [3.63, 3.8) is 0 Å². The van der Waals surface area contributed by atoms with E-state index in [1.165, 1.54) is 0 Å². The minimum absolute atomic E-state index is 0.0235. The number of aryl methyl sites for hydroxylation is 1. The van der Waals surface area contributed by atoms with E-state index >= 15 is 0 Å². The van der Waals surface area contributed by atoms with E-state index in [4.69, 9.17) is 16.3 Å². The van der Waals surface area contributed by atoms with Crippen molar-refractivity contribution in [2.75, 3.05) is 6.61 Å². The highest BCUT2D eigenvalue weighted by molar-refractivity contribution is 8.18. The first kappa shape index (κ1) is 20.0. The molecule has 0 fully saturated rings. The molecule has 1 heterocycles. The Morgan fingerprint density at radius 2 is 2.00 bits per heavy atom. The van der Waals surface area contributed by atoms with Gasteiger partial charge in [-0.25, -0.2) is 9.79 Å². The highest BCUT2D eigenvalue weighted by Gasteiger charge is 2.33. The number of phenols is 1. The number of carbonyl (C=O) groups is 1. The standard InChI is InChI=1S/C21H18ClNO4S/c1-3-27-21(26)18-19(25)17(11-13-9-8-12(2)10-16(13)24)28-20(18)23-15-7-5-4-6-14(15)22/h4-11,24-25H,3H2,1-2H3/b17-11+,23-20?. The maximum absolute atomic E-state index is 12.4. The number of nitrogens with zero attached hydrogens (tertiary/aromatic N) is 1. The number of benzene rings is 2. The molecule has 0 amide bonds. The zero-order valence-electron chi connectivity index (χ0n) is 15.3. The normalized spacial score (nSPS) is 16.8. The van der Waals surface area contributed by atoms with Crippen LogP contribution in [0.1, 0.15) is 18.1 Å². The first-order valence-corrected chi connectivity index (χ1v) is 9.73. The van der Waals surface area contributed by atoms with Gasteiger partial charge in [0.25, 0.3) is 0 Å². The van der Waals surface area contributed by atoms with Crippen molar-refractivity contribution in [2.24, 2.45) is 4.99 Å². The number of aromatic hydroxyl groups is 1. The van der Waals surface area contributed by atoms with Crippen molar-refractivity contribution in [2.45, 2.75) is 13.8 Å². The van der Waals surface area contributed by atoms with Gasteiger partial charge in [0.05, 0.1) is 22.2 Å². The van der Waals surface area contributed by atoms with E-state index in [1.54, 1.807) is 49.4 Å². The van der Waals surface area contributed by atoms with E-state index in [2.05, 4.69) is 4.99 Å². The number of esters is 1. The van der Waals surface area contributed by atoms with Gasteiger partial charge in [0.15, 0.2) is 0 Å². The first-order valence-electron chi connectivity index (χ1n) is 8.54. The molecular formula is C21H18ClNO4S. The Kier molecular flexibility index (Phi) is 6.11. The molecule has 0 atom stereocenters. The lowest BCUT2D eigenvalue weighted by atomic mass is 10.1. The molecule has 144 valence electrons. The lowest BCUT2D eigenvalue weighted by Gasteiger charge is -2.04. The van der Waals surface area contributed by atoms with Gasteiger partial charge in [0.1, 0.15) is 22.1 Å². The van der Waals surface area contributed by atoms with Crippen molar-refractivity contribution >= 4 is 46.1 Å². The largest absolute Gasteiger partial charge is 0.507 e. The van der Waals surface area contributed by atoms with Crippen LogP contribution in [0.15, 0.2) is 63.7 Å². The molecule has 5 nitrogen and oxygen atoms in total. The maximum Gasteiger partial charge on any atom is 0.344 e. The quantitative estimate of drug-likeness (QED) is 0.640. The Morgan fingerprint density at radius 1 is 1.25 bits per heavy atom. The maximum atomic E-state index is 12.4. The van der Waals surface area contributed by atoms with E-state index in [-0.39, 0.29) is 28.7 Å². The summed E-state index contributed by atoms with van der Waals surface area (Å²) in [6.07, 6.45) is 1.60. The van der Waals surface area contributed by atoms with Gasteiger partial charge in [0, 0.05) is 5.56 Å². The second kappa shape index (κ2) is 8.54. The van der Waals surface area contributed by atoms with Crippen molar-refractivity contribution in [3.05, 3.63) is 74.9 Å². The Labute approximate surface area is 172 Å². The molecule has 1 aliphatic heterocycles. The van der Waals surface area contributed by atoms with Crippen LogP contribution in [0.25, 0.3) is 6.08 Å². The molecule has 3 rings (SSSR count). The van der Waals surface area contributed by atoms with Crippen molar-refractivity contribution < 1.29 is 19.7 Å². The van der Waals surface area contributed by atoms with E-state index in [1.807, 2.05) is 13.0 Å². The summed E-state index contributed by atoms with van der Waals surface area (Å²) in [7, 11) is 0. The number of aliphatic hydroxyl groups excluding tert-OH is 1. The number of thioether (sulfide) groups is 1. The molecule has 0 unspecified atom stereocenters. The summed E-state index contributed by atoms with van der Waals surface area (Å²) in [6, 6.07) is 12.2. The van der Waals surface area contributed by atoms with E-state index in [9.17, 15) is 15.0 Å². The highest BCUT2D eigenvalue weighted by Crippen LogP contribution is 2.41. The summed E-state index contributed by atoms with van der Waals surface area (Å²) >= 11 is 7.28. The van der Waals surface area contributed by atoms with Crippen LogP contribution in [0.5, 0.6) is 5.75 Å². The molecule has 0 bridgehead atoms. The number of para-hydroxylation sites is 1. The SMILES string of the molecule is CCOC(=O)C1=C(O)/C(=C\c2ccc(C)cc2O)SC1=Nc1ccccc1Cl. The summed E-state index contributed by atoms with van der Waals surface area (Å²) in [5, 5.41) is 21.5. The molecule has 0 saturated heterocycles. The zero-order chi connectivity index (χ0) is 20.3. The van der Waals surface area contributed by atoms with Crippen LogP contribution < -0.4 is 0 Å². The fraction of sp³-hybridized carbons (Fsp3) is 0.143. The topological polar surface area (TPSA) is 79.1 Å². The molecule has 0 aromatic heterocycles. The molecule has 1 aliphatic rings. The average Bonchev–Trinajstić information content (AvgIpc) is 2.95. The van der Waals surface area contributed by atoms with Gasteiger partial charge >= 0.3 is 5.97 Å². The number of halogens is 1.